The number of ketones is 1. The van der Waals surface area contributed by atoms with Crippen molar-refractivity contribution in [3.05, 3.63) is 53.6 Å². The van der Waals surface area contributed by atoms with Gasteiger partial charge in [0, 0.05) is 16.8 Å². The van der Waals surface area contributed by atoms with Crippen molar-refractivity contribution in [2.24, 2.45) is 0 Å². The van der Waals surface area contributed by atoms with Gasteiger partial charge in [-0.3, -0.25) is 9.59 Å². The lowest BCUT2D eigenvalue weighted by Gasteiger charge is -2.11. The average molecular weight is 362 g/mol. The number of hydrogen-bond acceptors (Lipinski definition) is 5. The molecule has 0 saturated carbocycles. The number of hydrogen-bond donors (Lipinski definition) is 2. The van der Waals surface area contributed by atoms with E-state index in [0.29, 0.717) is 11.3 Å². The summed E-state index contributed by atoms with van der Waals surface area (Å²) in [4.78, 5) is 23.7. The Bertz CT molecular complexity index is 922. The van der Waals surface area contributed by atoms with Crippen molar-refractivity contribution in [1.29, 1.82) is 0 Å². The molecule has 0 bridgehead atoms. The zero-order valence-electron chi connectivity index (χ0n) is 14.0. The lowest BCUT2D eigenvalue weighted by molar-refractivity contribution is 0.101. The van der Waals surface area contributed by atoms with Gasteiger partial charge in [-0.05, 0) is 44.3 Å². The van der Waals surface area contributed by atoms with Gasteiger partial charge in [-0.25, -0.2) is 13.1 Å². The van der Waals surface area contributed by atoms with Crippen LogP contribution in [0, 0.1) is 0 Å². The van der Waals surface area contributed by atoms with Crippen LogP contribution in [0.1, 0.15) is 27.6 Å². The topological polar surface area (TPSA) is 102 Å². The molecule has 0 spiro atoms. The normalized spacial score (nSPS) is 11.0. The highest BCUT2D eigenvalue weighted by Crippen LogP contribution is 2.25. The van der Waals surface area contributed by atoms with Crippen molar-refractivity contribution >= 4 is 27.4 Å². The summed E-state index contributed by atoms with van der Waals surface area (Å²) in [6, 6.07) is 10.6. The second-order valence-electron chi connectivity index (χ2n) is 5.16. The summed E-state index contributed by atoms with van der Waals surface area (Å²) < 4.78 is 31.4. The number of benzene rings is 2. The van der Waals surface area contributed by atoms with Crippen LogP contribution in [0.2, 0.25) is 0 Å². The lowest BCUT2D eigenvalue weighted by atomic mass is 10.1. The standard InChI is InChI=1S/C17H18N2O5S/c1-11(20)12-5-4-6-14(9-12)19-17(21)13-7-8-15(24-3)16(10-13)25(22,23)18-2/h4-10,18H,1-3H3,(H,19,21). The first kappa shape index (κ1) is 18.6. The smallest absolute Gasteiger partial charge is 0.255 e. The molecule has 0 aliphatic rings. The molecule has 7 nitrogen and oxygen atoms in total. The molecule has 132 valence electrons. The first-order valence-corrected chi connectivity index (χ1v) is 8.80. The van der Waals surface area contributed by atoms with Crippen LogP contribution in [0.5, 0.6) is 5.75 Å². The highest BCUT2D eigenvalue weighted by molar-refractivity contribution is 7.89. The van der Waals surface area contributed by atoms with E-state index in [-0.39, 0.29) is 22.0 Å². The Morgan fingerprint density at radius 3 is 2.36 bits per heavy atom. The minimum atomic E-state index is -3.79. The Morgan fingerprint density at radius 2 is 1.76 bits per heavy atom. The van der Waals surface area contributed by atoms with Crippen molar-refractivity contribution in [2.75, 3.05) is 19.5 Å². The van der Waals surface area contributed by atoms with Gasteiger partial charge in [0.15, 0.2) is 5.78 Å². The summed E-state index contributed by atoms with van der Waals surface area (Å²) in [6.07, 6.45) is 0. The highest BCUT2D eigenvalue weighted by atomic mass is 32.2. The summed E-state index contributed by atoms with van der Waals surface area (Å²) in [5.74, 6) is -0.497. The number of methoxy groups -OCH3 is 1. The van der Waals surface area contributed by atoms with Crippen LogP contribution in [0.15, 0.2) is 47.4 Å². The molecule has 0 radical (unpaired) electrons. The molecule has 2 rings (SSSR count). The molecule has 0 fully saturated rings. The number of carbonyl (C=O) groups excluding carboxylic acids is 2. The zero-order chi connectivity index (χ0) is 18.6. The molecule has 25 heavy (non-hydrogen) atoms. The van der Waals surface area contributed by atoms with Gasteiger partial charge in [0.2, 0.25) is 10.0 Å². The molecule has 2 N–H and O–H groups in total. The van der Waals surface area contributed by atoms with Gasteiger partial charge in [-0.1, -0.05) is 12.1 Å². The Kier molecular flexibility index (Phi) is 5.55. The highest BCUT2D eigenvalue weighted by Gasteiger charge is 2.20. The summed E-state index contributed by atoms with van der Waals surface area (Å²) in [5.41, 5.74) is 1.04. The number of rotatable bonds is 6. The first-order chi connectivity index (χ1) is 11.8. The second-order valence-corrected chi connectivity index (χ2v) is 7.02. The fraction of sp³-hybridized carbons (Fsp3) is 0.176. The lowest BCUT2D eigenvalue weighted by Crippen LogP contribution is -2.20. The van der Waals surface area contributed by atoms with Crippen molar-refractivity contribution < 1.29 is 22.7 Å². The third-order valence-corrected chi connectivity index (χ3v) is 4.95. The summed E-state index contributed by atoms with van der Waals surface area (Å²) in [5, 5.41) is 2.64. The number of carbonyl (C=O) groups is 2. The van der Waals surface area contributed by atoms with E-state index in [1.165, 1.54) is 39.3 Å². The van der Waals surface area contributed by atoms with Crippen LogP contribution in [0.3, 0.4) is 0 Å². The van der Waals surface area contributed by atoms with Crippen LogP contribution >= 0.6 is 0 Å². The predicted octanol–water partition coefficient (Wildman–Crippen LogP) is 2.06. The maximum absolute atomic E-state index is 12.4. The van der Waals surface area contributed by atoms with Crippen molar-refractivity contribution in [3.8, 4) is 5.75 Å². The predicted molar refractivity (Wildman–Crippen MR) is 93.6 cm³/mol. The van der Waals surface area contributed by atoms with E-state index >= 15 is 0 Å². The monoisotopic (exact) mass is 362 g/mol. The summed E-state index contributed by atoms with van der Waals surface area (Å²) in [7, 11) is -1.17. The molecule has 2 aromatic carbocycles. The first-order valence-electron chi connectivity index (χ1n) is 7.32. The number of Topliss-reactive ketones (excluding diaryl/α,β-unsaturated/α-hetero) is 1. The van der Waals surface area contributed by atoms with Gasteiger partial charge in [0.25, 0.3) is 5.91 Å². The van der Waals surface area contributed by atoms with Gasteiger partial charge < -0.3 is 10.1 Å². The van der Waals surface area contributed by atoms with Gasteiger partial charge in [0.05, 0.1) is 7.11 Å². The molecular formula is C17H18N2O5S. The number of ether oxygens (including phenoxy) is 1. The Balaban J connectivity index is 2.36. The molecule has 0 aliphatic carbocycles. The van der Waals surface area contributed by atoms with Crippen molar-refractivity contribution in [2.45, 2.75) is 11.8 Å². The maximum atomic E-state index is 12.4. The largest absolute Gasteiger partial charge is 0.495 e. The molecule has 0 aromatic heterocycles. The van der Waals surface area contributed by atoms with Gasteiger partial charge in [0.1, 0.15) is 10.6 Å². The minimum absolute atomic E-state index is 0.122. The van der Waals surface area contributed by atoms with Crippen molar-refractivity contribution in [3.63, 3.8) is 0 Å². The fourth-order valence-electron chi connectivity index (χ4n) is 2.16. The van der Waals surface area contributed by atoms with Crippen molar-refractivity contribution in [1.82, 2.24) is 4.72 Å². The van der Waals surface area contributed by atoms with Crippen LogP contribution < -0.4 is 14.8 Å². The zero-order valence-corrected chi connectivity index (χ0v) is 14.8. The minimum Gasteiger partial charge on any atom is -0.495 e. The Morgan fingerprint density at radius 1 is 1.04 bits per heavy atom. The fourth-order valence-corrected chi connectivity index (χ4v) is 3.08. The third-order valence-electron chi connectivity index (χ3n) is 3.51. The summed E-state index contributed by atoms with van der Waals surface area (Å²) >= 11 is 0. The molecule has 0 atom stereocenters. The number of sulfonamides is 1. The third kappa shape index (κ3) is 4.23. The van der Waals surface area contributed by atoms with Gasteiger partial charge >= 0.3 is 0 Å². The maximum Gasteiger partial charge on any atom is 0.255 e. The van der Waals surface area contributed by atoms with Crippen LogP contribution in [-0.4, -0.2) is 34.3 Å². The molecule has 8 heteroatoms. The molecular weight excluding hydrogens is 344 g/mol. The molecule has 0 aliphatic heterocycles. The number of nitrogens with one attached hydrogen (secondary N) is 2. The Hall–Kier alpha value is -2.71. The quantitative estimate of drug-likeness (QED) is 0.766. The average Bonchev–Trinajstić information content (AvgIpc) is 2.61. The SMILES string of the molecule is CNS(=O)(=O)c1cc(C(=O)Nc2cccc(C(C)=O)c2)ccc1OC. The van der Waals surface area contributed by atoms with Gasteiger partial charge in [-0.15, -0.1) is 0 Å². The van der Waals surface area contributed by atoms with Gasteiger partial charge in [-0.2, -0.15) is 0 Å². The van der Waals surface area contributed by atoms with E-state index < -0.39 is 15.9 Å². The number of anilines is 1. The van der Waals surface area contributed by atoms with E-state index in [4.69, 9.17) is 4.74 Å². The van der Waals surface area contributed by atoms with E-state index in [1.54, 1.807) is 24.3 Å². The Labute approximate surface area is 146 Å². The molecule has 0 saturated heterocycles. The van der Waals surface area contributed by atoms with E-state index in [2.05, 4.69) is 10.0 Å². The van der Waals surface area contributed by atoms with E-state index in [9.17, 15) is 18.0 Å². The van der Waals surface area contributed by atoms with Crippen LogP contribution in [0.4, 0.5) is 5.69 Å². The molecule has 0 heterocycles. The second kappa shape index (κ2) is 7.45. The summed E-state index contributed by atoms with van der Waals surface area (Å²) in [6.45, 7) is 1.43. The number of amides is 1. The molecule has 0 unspecified atom stereocenters. The molecule has 2 aromatic rings. The van der Waals surface area contributed by atoms with E-state index in [1.807, 2.05) is 0 Å². The van der Waals surface area contributed by atoms with Crippen LogP contribution in [-0.2, 0) is 10.0 Å². The molecule has 1 amide bonds. The van der Waals surface area contributed by atoms with Crippen LogP contribution in [0.25, 0.3) is 0 Å². The van der Waals surface area contributed by atoms with E-state index in [0.717, 1.165) is 0 Å².